The lowest BCUT2D eigenvalue weighted by Gasteiger charge is -2.44. The molecule has 0 aromatic carbocycles. The average molecular weight is 930 g/mol. The first-order valence-corrected chi connectivity index (χ1v) is 26.1. The van der Waals surface area contributed by atoms with Crippen LogP contribution in [0.2, 0.25) is 0 Å². The molecule has 0 bridgehead atoms. The number of phosphoric ester groups is 3. The van der Waals surface area contributed by atoms with Gasteiger partial charge in [-0.3, -0.25) is 27.7 Å². The van der Waals surface area contributed by atoms with Gasteiger partial charge in [0, 0.05) is 12.8 Å². The number of carbonyl (C=O) groups is 2. The third kappa shape index (κ3) is 28.0. The standard InChI is InChI=1S/C37H74NO19P3/c1-2-3-4-5-6-7-8-9-10-12-16-19-22-25-31(40)54-29(27-52-30(39)24-21-18-15-13-11-14-17-20-23-26-38)28-53-60(50,51)57-35-32(41)33(42)36(55-58(44,45)46)37(34(35)43)56-59(47,48)49/h29,32-37,41-43H,2-28,38H2,1H3,(H,50,51)(H2,44,45,46)(H2,47,48,49)/t29-,32-,33+,34?,35?,36?,37-/m1/s1. The quantitative estimate of drug-likeness (QED) is 0.0216. The summed E-state index contributed by atoms with van der Waals surface area (Å²) in [6.07, 6.45) is 6.80. The number of phosphoric acid groups is 3. The minimum absolute atomic E-state index is 0.000330. The van der Waals surface area contributed by atoms with E-state index in [1.807, 2.05) is 0 Å². The zero-order valence-corrected chi connectivity index (χ0v) is 37.8. The second-order valence-corrected chi connectivity index (χ2v) is 19.2. The second-order valence-electron chi connectivity index (χ2n) is 15.4. The third-order valence-corrected chi connectivity index (χ3v) is 12.0. The molecule has 1 aliphatic rings. The number of esters is 2. The van der Waals surface area contributed by atoms with Gasteiger partial charge in [0.05, 0.1) is 6.61 Å². The fourth-order valence-corrected chi connectivity index (χ4v) is 8.87. The van der Waals surface area contributed by atoms with Crippen molar-refractivity contribution in [2.24, 2.45) is 5.73 Å². The Morgan fingerprint density at radius 2 is 0.900 bits per heavy atom. The Bertz CT molecular complexity index is 1300. The van der Waals surface area contributed by atoms with Crippen LogP contribution in [-0.2, 0) is 50.9 Å². The van der Waals surface area contributed by atoms with E-state index in [0.29, 0.717) is 19.4 Å². The van der Waals surface area contributed by atoms with Crippen molar-refractivity contribution in [1.29, 1.82) is 0 Å². The second kappa shape index (κ2) is 31.9. The Morgan fingerprint density at radius 1 is 0.517 bits per heavy atom. The van der Waals surface area contributed by atoms with Crippen LogP contribution in [-0.4, -0.2) is 114 Å². The summed E-state index contributed by atoms with van der Waals surface area (Å²) in [5.74, 6) is -1.31. The van der Waals surface area contributed by atoms with Gasteiger partial charge in [0.2, 0.25) is 0 Å². The highest BCUT2D eigenvalue weighted by Gasteiger charge is 2.56. The largest absolute Gasteiger partial charge is 0.472 e. The van der Waals surface area contributed by atoms with E-state index in [0.717, 1.165) is 83.5 Å². The van der Waals surface area contributed by atoms with Crippen LogP contribution in [0.25, 0.3) is 0 Å². The molecule has 23 heteroatoms. The first-order chi connectivity index (χ1) is 28.3. The Labute approximate surface area is 354 Å². The van der Waals surface area contributed by atoms with Gasteiger partial charge >= 0.3 is 35.4 Å². The van der Waals surface area contributed by atoms with E-state index in [4.69, 9.17) is 24.3 Å². The molecule has 8 atom stereocenters. The number of nitrogens with two attached hydrogens (primary N) is 1. The summed E-state index contributed by atoms with van der Waals surface area (Å²) in [6.45, 7) is 1.41. The van der Waals surface area contributed by atoms with Gasteiger partial charge in [0.15, 0.2) is 6.10 Å². The Hall–Kier alpha value is -0.890. The number of hydrogen-bond acceptors (Lipinski definition) is 15. The Morgan fingerprint density at radius 3 is 1.33 bits per heavy atom. The van der Waals surface area contributed by atoms with Crippen molar-refractivity contribution in [3.8, 4) is 0 Å². The molecule has 0 aromatic rings. The molecule has 4 unspecified atom stereocenters. The van der Waals surface area contributed by atoms with Crippen LogP contribution < -0.4 is 5.73 Å². The maximum Gasteiger partial charge on any atom is 0.472 e. The number of carbonyl (C=O) groups excluding carboxylic acids is 2. The first-order valence-electron chi connectivity index (χ1n) is 21.5. The highest BCUT2D eigenvalue weighted by molar-refractivity contribution is 7.47. The van der Waals surface area contributed by atoms with Crippen LogP contribution in [0.1, 0.15) is 161 Å². The van der Waals surface area contributed by atoms with Gasteiger partial charge in [-0.25, -0.2) is 13.7 Å². The van der Waals surface area contributed by atoms with E-state index in [1.54, 1.807) is 0 Å². The number of aliphatic hydroxyl groups is 3. The molecule has 0 amide bonds. The molecule has 60 heavy (non-hydrogen) atoms. The summed E-state index contributed by atoms with van der Waals surface area (Å²) in [5, 5.41) is 31.7. The Kier molecular flexibility index (Phi) is 30.3. The zero-order valence-electron chi connectivity index (χ0n) is 35.1. The molecule has 0 saturated heterocycles. The van der Waals surface area contributed by atoms with E-state index < -0.39 is 91.3 Å². The molecule has 1 fully saturated rings. The van der Waals surface area contributed by atoms with Crippen molar-refractivity contribution in [1.82, 2.24) is 0 Å². The first kappa shape index (κ1) is 57.1. The molecular weight excluding hydrogens is 855 g/mol. The number of rotatable bonds is 37. The summed E-state index contributed by atoms with van der Waals surface area (Å²) in [5.41, 5.74) is 5.52. The molecule has 0 radical (unpaired) electrons. The monoisotopic (exact) mass is 929 g/mol. The fourth-order valence-electron chi connectivity index (χ4n) is 6.77. The SMILES string of the molecule is CCCCCCCCCCCCCCCC(=O)O[C@H](COC(=O)CCCCCCCCCCCN)COP(=O)(O)OC1C(O)[C@@H](OP(=O)(O)O)C(OP(=O)(O)O)[C@@H](O)[C@H]1O. The van der Waals surface area contributed by atoms with Gasteiger partial charge in [-0.2, -0.15) is 0 Å². The molecule has 0 aromatic heterocycles. The van der Waals surface area contributed by atoms with Crippen molar-refractivity contribution in [3.63, 3.8) is 0 Å². The summed E-state index contributed by atoms with van der Waals surface area (Å²) in [6, 6.07) is 0. The molecule has 20 nitrogen and oxygen atoms in total. The topological polar surface area (TPSA) is 329 Å². The highest BCUT2D eigenvalue weighted by Crippen LogP contribution is 2.51. The molecule has 0 spiro atoms. The normalized spacial score (nSPS) is 22.6. The summed E-state index contributed by atoms with van der Waals surface area (Å²) >= 11 is 0. The lowest BCUT2D eigenvalue weighted by molar-refractivity contribution is -0.213. The molecule has 356 valence electrons. The molecule has 0 heterocycles. The number of hydrogen-bond donors (Lipinski definition) is 9. The van der Waals surface area contributed by atoms with E-state index in [9.17, 15) is 63.1 Å². The maximum atomic E-state index is 13.0. The van der Waals surface area contributed by atoms with Crippen LogP contribution in [0.15, 0.2) is 0 Å². The highest BCUT2D eigenvalue weighted by atomic mass is 31.2. The van der Waals surface area contributed by atoms with Crippen LogP contribution in [0.3, 0.4) is 0 Å². The molecule has 1 rings (SSSR count). The van der Waals surface area contributed by atoms with Gasteiger partial charge in [0.25, 0.3) is 0 Å². The third-order valence-electron chi connectivity index (χ3n) is 10.0. The predicted octanol–water partition coefficient (Wildman–Crippen LogP) is 5.34. The van der Waals surface area contributed by atoms with Crippen molar-refractivity contribution in [2.45, 2.75) is 204 Å². The van der Waals surface area contributed by atoms with E-state index in [2.05, 4.69) is 16.0 Å². The molecule has 1 saturated carbocycles. The van der Waals surface area contributed by atoms with Crippen LogP contribution in [0, 0.1) is 0 Å². The van der Waals surface area contributed by atoms with E-state index in [1.165, 1.54) is 44.9 Å². The van der Waals surface area contributed by atoms with Crippen molar-refractivity contribution >= 4 is 35.4 Å². The van der Waals surface area contributed by atoms with Gasteiger partial charge in [-0.15, -0.1) is 0 Å². The molecule has 1 aliphatic carbocycles. The average Bonchev–Trinajstić information content (AvgIpc) is 3.16. The number of aliphatic hydroxyl groups excluding tert-OH is 3. The predicted molar refractivity (Wildman–Crippen MR) is 219 cm³/mol. The number of unbranched alkanes of at least 4 members (excludes halogenated alkanes) is 20. The lowest BCUT2D eigenvalue weighted by atomic mass is 9.85. The minimum atomic E-state index is -5.59. The van der Waals surface area contributed by atoms with E-state index in [-0.39, 0.29) is 12.8 Å². The van der Waals surface area contributed by atoms with Gasteiger partial charge in [-0.1, -0.05) is 129 Å². The van der Waals surface area contributed by atoms with Crippen LogP contribution in [0.5, 0.6) is 0 Å². The zero-order chi connectivity index (χ0) is 45.0. The van der Waals surface area contributed by atoms with Gasteiger partial charge in [0.1, 0.15) is 43.2 Å². The minimum Gasteiger partial charge on any atom is -0.462 e. The van der Waals surface area contributed by atoms with Crippen molar-refractivity contribution < 1.29 is 90.6 Å². The van der Waals surface area contributed by atoms with Crippen molar-refractivity contribution in [3.05, 3.63) is 0 Å². The summed E-state index contributed by atoms with van der Waals surface area (Å²) in [4.78, 5) is 72.8. The van der Waals surface area contributed by atoms with Crippen LogP contribution >= 0.6 is 23.5 Å². The fraction of sp³-hybridized carbons (Fsp3) is 0.946. The smallest absolute Gasteiger partial charge is 0.462 e. The van der Waals surface area contributed by atoms with Gasteiger partial charge in [-0.05, 0) is 25.8 Å². The maximum absolute atomic E-state index is 13.0. The summed E-state index contributed by atoms with van der Waals surface area (Å²) in [7, 11) is -16.6. The lowest BCUT2D eigenvalue weighted by Crippen LogP contribution is -2.65. The van der Waals surface area contributed by atoms with Crippen LogP contribution in [0.4, 0.5) is 0 Å². The van der Waals surface area contributed by atoms with Crippen molar-refractivity contribution in [2.75, 3.05) is 19.8 Å². The van der Waals surface area contributed by atoms with E-state index >= 15 is 0 Å². The summed E-state index contributed by atoms with van der Waals surface area (Å²) < 4.78 is 65.2. The van der Waals surface area contributed by atoms with Gasteiger partial charge < -0.3 is 55.0 Å². The molecular formula is C37H74NO19P3. The molecule has 10 N–H and O–H groups in total. The Balaban J connectivity index is 2.79. The number of ether oxygens (including phenoxy) is 2. The molecule has 0 aliphatic heterocycles.